The Kier molecular flexibility index (Phi) is 8.42. The SMILES string of the molecule is O=C(CN1CC=C(NOCc2cccc(C(F)(F)F)c2)CC1)Nc1cc(C(F)(F)F)cc(C(F)(F)F)c1. The molecule has 3 rings (SSSR count). The molecule has 0 radical (unpaired) electrons. The first-order chi connectivity index (χ1) is 17.1. The van der Waals surface area contributed by atoms with Crippen LogP contribution in [0.1, 0.15) is 28.7 Å². The van der Waals surface area contributed by atoms with Crippen LogP contribution in [0, 0.1) is 0 Å². The second-order valence-corrected chi connectivity index (χ2v) is 8.15. The molecule has 2 N–H and O–H groups in total. The van der Waals surface area contributed by atoms with Crippen molar-refractivity contribution in [3.05, 3.63) is 76.5 Å². The number of nitrogens with zero attached hydrogens (tertiary/aromatic N) is 1. The molecule has 2 aromatic carbocycles. The molecule has 2 aromatic rings. The van der Waals surface area contributed by atoms with E-state index in [0.717, 1.165) is 12.1 Å². The highest BCUT2D eigenvalue weighted by Gasteiger charge is 2.37. The molecule has 0 aliphatic carbocycles. The highest BCUT2D eigenvalue weighted by atomic mass is 19.4. The van der Waals surface area contributed by atoms with E-state index in [1.807, 2.05) is 0 Å². The van der Waals surface area contributed by atoms with Crippen LogP contribution in [0.5, 0.6) is 0 Å². The molecule has 14 heteroatoms. The molecule has 5 nitrogen and oxygen atoms in total. The molecule has 0 spiro atoms. The van der Waals surface area contributed by atoms with Gasteiger partial charge in [-0.1, -0.05) is 12.1 Å². The third-order valence-corrected chi connectivity index (χ3v) is 5.23. The van der Waals surface area contributed by atoms with Crippen LogP contribution in [-0.4, -0.2) is 30.4 Å². The lowest BCUT2D eigenvalue weighted by molar-refractivity contribution is -0.143. The van der Waals surface area contributed by atoms with E-state index in [0.29, 0.717) is 36.4 Å². The molecule has 1 heterocycles. The molecule has 1 aliphatic rings. The van der Waals surface area contributed by atoms with Crippen molar-refractivity contribution in [2.24, 2.45) is 0 Å². The Hall–Kier alpha value is -3.26. The lowest BCUT2D eigenvalue weighted by Gasteiger charge is -2.26. The lowest BCUT2D eigenvalue weighted by atomic mass is 10.1. The van der Waals surface area contributed by atoms with Crippen molar-refractivity contribution in [2.75, 3.05) is 25.0 Å². The Bertz CT molecular complexity index is 1110. The summed E-state index contributed by atoms with van der Waals surface area (Å²) >= 11 is 0. The summed E-state index contributed by atoms with van der Waals surface area (Å²) in [6.07, 6.45) is -12.6. The summed E-state index contributed by atoms with van der Waals surface area (Å²) in [5, 5.41) is 2.07. The minimum Gasteiger partial charge on any atom is -0.325 e. The number of anilines is 1. The average Bonchev–Trinajstić information content (AvgIpc) is 2.78. The molecule has 0 unspecified atom stereocenters. The van der Waals surface area contributed by atoms with Gasteiger partial charge in [-0.2, -0.15) is 39.5 Å². The van der Waals surface area contributed by atoms with Crippen molar-refractivity contribution >= 4 is 11.6 Å². The van der Waals surface area contributed by atoms with Crippen molar-refractivity contribution in [1.82, 2.24) is 10.4 Å². The summed E-state index contributed by atoms with van der Waals surface area (Å²) < 4.78 is 116. The van der Waals surface area contributed by atoms with Crippen LogP contribution in [0.2, 0.25) is 0 Å². The van der Waals surface area contributed by atoms with E-state index in [2.05, 4.69) is 10.8 Å². The van der Waals surface area contributed by atoms with E-state index in [1.165, 1.54) is 12.1 Å². The molecule has 0 fully saturated rings. The van der Waals surface area contributed by atoms with Gasteiger partial charge in [0.25, 0.3) is 0 Å². The molecular formula is C23H20F9N3O2. The third-order valence-electron chi connectivity index (χ3n) is 5.23. The predicted molar refractivity (Wildman–Crippen MR) is 114 cm³/mol. The second kappa shape index (κ2) is 11.0. The number of hydrogen-bond donors (Lipinski definition) is 2. The fraction of sp³-hybridized carbons (Fsp3) is 0.348. The van der Waals surface area contributed by atoms with Crippen molar-refractivity contribution in [1.29, 1.82) is 0 Å². The zero-order valence-corrected chi connectivity index (χ0v) is 18.8. The largest absolute Gasteiger partial charge is 0.416 e. The van der Waals surface area contributed by atoms with E-state index in [9.17, 15) is 44.3 Å². The van der Waals surface area contributed by atoms with Crippen molar-refractivity contribution in [3.63, 3.8) is 0 Å². The Morgan fingerprint density at radius 3 is 2.03 bits per heavy atom. The minimum atomic E-state index is -5.04. The summed E-state index contributed by atoms with van der Waals surface area (Å²) in [7, 11) is 0. The van der Waals surface area contributed by atoms with Crippen LogP contribution in [-0.2, 0) is 34.8 Å². The number of benzene rings is 2. The van der Waals surface area contributed by atoms with Crippen LogP contribution in [0.25, 0.3) is 0 Å². The van der Waals surface area contributed by atoms with Gasteiger partial charge in [-0.25, -0.2) is 0 Å². The van der Waals surface area contributed by atoms with E-state index in [1.54, 1.807) is 11.0 Å². The number of halogens is 9. The van der Waals surface area contributed by atoms with Gasteiger partial charge in [0, 0.05) is 30.9 Å². The van der Waals surface area contributed by atoms with Gasteiger partial charge in [0.15, 0.2) is 0 Å². The molecule has 1 aliphatic heterocycles. The van der Waals surface area contributed by atoms with Crippen LogP contribution in [0.4, 0.5) is 45.2 Å². The van der Waals surface area contributed by atoms with Crippen molar-refractivity contribution in [3.8, 4) is 0 Å². The van der Waals surface area contributed by atoms with E-state index in [4.69, 9.17) is 4.84 Å². The number of nitrogens with one attached hydrogen (secondary N) is 2. The summed E-state index contributed by atoms with van der Waals surface area (Å²) in [6.45, 7) is 0.0609. The number of rotatable bonds is 7. The lowest BCUT2D eigenvalue weighted by Crippen LogP contribution is -2.37. The molecule has 0 atom stereocenters. The highest BCUT2D eigenvalue weighted by Crippen LogP contribution is 2.37. The molecule has 37 heavy (non-hydrogen) atoms. The maximum atomic E-state index is 13.0. The van der Waals surface area contributed by atoms with Gasteiger partial charge in [-0.05, 0) is 42.0 Å². The molecule has 0 saturated heterocycles. The number of carbonyl (C=O) groups is 1. The smallest absolute Gasteiger partial charge is 0.325 e. The van der Waals surface area contributed by atoms with Crippen molar-refractivity contribution in [2.45, 2.75) is 31.6 Å². The van der Waals surface area contributed by atoms with Gasteiger partial charge in [-0.3, -0.25) is 20.0 Å². The number of amides is 1. The topological polar surface area (TPSA) is 53.6 Å². The normalized spacial score (nSPS) is 15.3. The summed E-state index contributed by atoms with van der Waals surface area (Å²) in [6, 6.07) is 5.43. The Labute approximate surface area is 204 Å². The van der Waals surface area contributed by atoms with Crippen molar-refractivity contribution < 1.29 is 49.1 Å². The Morgan fingerprint density at radius 2 is 1.49 bits per heavy atom. The molecule has 0 bridgehead atoms. The number of hydrogen-bond acceptors (Lipinski definition) is 4. The molecule has 1 amide bonds. The Morgan fingerprint density at radius 1 is 0.865 bits per heavy atom. The molecule has 0 saturated carbocycles. The first kappa shape index (κ1) is 28.3. The molecular weight excluding hydrogens is 521 g/mol. The first-order valence-electron chi connectivity index (χ1n) is 10.7. The number of alkyl halides is 9. The van der Waals surface area contributed by atoms with Gasteiger partial charge < -0.3 is 5.32 Å². The van der Waals surface area contributed by atoms with E-state index < -0.39 is 46.8 Å². The first-order valence-corrected chi connectivity index (χ1v) is 10.7. The van der Waals surface area contributed by atoms with Gasteiger partial charge in [0.1, 0.15) is 0 Å². The quantitative estimate of drug-likeness (QED) is 0.334. The summed E-state index contributed by atoms with van der Waals surface area (Å²) in [5.41, 5.74) is -1.02. The highest BCUT2D eigenvalue weighted by molar-refractivity contribution is 5.92. The maximum Gasteiger partial charge on any atom is 0.416 e. The molecule has 202 valence electrons. The third kappa shape index (κ3) is 8.39. The summed E-state index contributed by atoms with van der Waals surface area (Å²) in [4.78, 5) is 19.1. The van der Waals surface area contributed by atoms with Gasteiger partial charge in [0.2, 0.25) is 5.91 Å². The van der Waals surface area contributed by atoms with Gasteiger partial charge in [-0.15, -0.1) is 0 Å². The zero-order valence-electron chi connectivity index (χ0n) is 18.8. The minimum absolute atomic E-state index is 0.0330. The fourth-order valence-corrected chi connectivity index (χ4v) is 3.43. The summed E-state index contributed by atoms with van der Waals surface area (Å²) in [5.74, 6) is -0.807. The second-order valence-electron chi connectivity index (χ2n) is 8.15. The van der Waals surface area contributed by atoms with Crippen LogP contribution in [0.15, 0.2) is 54.2 Å². The van der Waals surface area contributed by atoms with Crippen LogP contribution < -0.4 is 10.8 Å². The monoisotopic (exact) mass is 541 g/mol. The van der Waals surface area contributed by atoms with Gasteiger partial charge >= 0.3 is 18.5 Å². The zero-order chi connectivity index (χ0) is 27.4. The van der Waals surface area contributed by atoms with E-state index in [-0.39, 0.29) is 25.8 Å². The van der Waals surface area contributed by atoms with Crippen LogP contribution in [0.3, 0.4) is 0 Å². The average molecular weight is 541 g/mol. The standard InChI is InChI=1S/C23H20F9N3O2/c24-21(25,26)15-3-1-2-14(8-15)13-37-34-18-4-6-35(7-5-18)12-20(36)33-19-10-16(22(27,28)29)9-17(11-19)23(30,31)32/h1-4,8-11,34H,5-7,12-13H2,(H,33,36). The number of hydroxylamine groups is 1. The fourth-order valence-electron chi connectivity index (χ4n) is 3.43. The predicted octanol–water partition coefficient (Wildman–Crippen LogP) is 5.99. The van der Waals surface area contributed by atoms with E-state index >= 15 is 0 Å². The van der Waals surface area contributed by atoms with Gasteiger partial charge in [0.05, 0.1) is 29.8 Å². The number of carbonyl (C=O) groups excluding carboxylic acids is 1. The maximum absolute atomic E-state index is 13.0. The van der Waals surface area contributed by atoms with Crippen LogP contribution >= 0.6 is 0 Å². The Balaban J connectivity index is 1.51. The molecule has 0 aromatic heterocycles.